The van der Waals surface area contributed by atoms with Crippen molar-refractivity contribution in [2.45, 2.75) is 6.92 Å². The molecule has 4 aromatic rings. The lowest BCUT2D eigenvalue weighted by Gasteiger charge is -2.14. The highest BCUT2D eigenvalue weighted by atomic mass is 35.5. The molecule has 0 fully saturated rings. The monoisotopic (exact) mass is 443 g/mol. The van der Waals surface area contributed by atoms with Gasteiger partial charge in [-0.1, -0.05) is 54.1 Å². The number of hydrogen-bond donors (Lipinski definition) is 0. The molecule has 0 radical (unpaired) electrons. The molecule has 5 heteroatoms. The van der Waals surface area contributed by atoms with E-state index in [2.05, 4.69) is 4.98 Å². The summed E-state index contributed by atoms with van der Waals surface area (Å²) < 4.78 is 10.8. The molecule has 4 rings (SSSR count). The number of para-hydroxylation sites is 1. The Balaban J connectivity index is 1.89. The molecular formula is C27H22ClNO3. The average Bonchev–Trinajstić information content (AvgIpc) is 2.82. The van der Waals surface area contributed by atoms with Crippen LogP contribution in [0.2, 0.25) is 5.02 Å². The molecule has 1 heterocycles. The standard InChI is InChI=1S/C27H22ClNO3/c1-17-25(23(30)15-12-19-10-7-11-24(31-2)27(19)32-3)26(18-8-5-4-6-9-18)21-16-20(28)13-14-22(21)29-17/h4-16H,1-3H3. The molecule has 0 N–H and O–H groups in total. The van der Waals surface area contributed by atoms with Crippen molar-refractivity contribution in [2.75, 3.05) is 14.2 Å². The minimum Gasteiger partial charge on any atom is -0.493 e. The Labute approximate surface area is 192 Å². The van der Waals surface area contributed by atoms with Crippen LogP contribution in [0.5, 0.6) is 11.5 Å². The topological polar surface area (TPSA) is 48.4 Å². The summed E-state index contributed by atoms with van der Waals surface area (Å²) in [4.78, 5) is 18.2. The third-order valence-electron chi connectivity index (χ3n) is 5.28. The highest BCUT2D eigenvalue weighted by Gasteiger charge is 2.19. The number of pyridine rings is 1. The highest BCUT2D eigenvalue weighted by Crippen LogP contribution is 2.36. The Morgan fingerprint density at radius 3 is 2.47 bits per heavy atom. The van der Waals surface area contributed by atoms with Crippen molar-refractivity contribution in [1.82, 2.24) is 4.98 Å². The number of ketones is 1. The first kappa shape index (κ1) is 21.6. The van der Waals surface area contributed by atoms with Gasteiger partial charge in [0, 0.05) is 27.2 Å². The van der Waals surface area contributed by atoms with Gasteiger partial charge in [-0.3, -0.25) is 9.78 Å². The summed E-state index contributed by atoms with van der Waals surface area (Å²) >= 11 is 6.30. The summed E-state index contributed by atoms with van der Waals surface area (Å²) in [7, 11) is 3.16. The first-order valence-corrected chi connectivity index (χ1v) is 10.5. The Morgan fingerprint density at radius 1 is 0.969 bits per heavy atom. The quantitative estimate of drug-likeness (QED) is 0.243. The van der Waals surface area contributed by atoms with Crippen molar-refractivity contribution in [2.24, 2.45) is 0 Å². The van der Waals surface area contributed by atoms with E-state index in [1.54, 1.807) is 26.4 Å². The number of allylic oxidation sites excluding steroid dienone is 1. The van der Waals surface area contributed by atoms with Crippen LogP contribution in [0.15, 0.2) is 72.8 Å². The van der Waals surface area contributed by atoms with E-state index >= 15 is 0 Å². The molecule has 0 saturated heterocycles. The first-order chi connectivity index (χ1) is 15.5. The molecule has 0 saturated carbocycles. The number of carbonyl (C=O) groups is 1. The van der Waals surface area contributed by atoms with Gasteiger partial charge in [-0.15, -0.1) is 0 Å². The zero-order valence-electron chi connectivity index (χ0n) is 18.1. The van der Waals surface area contributed by atoms with Crippen LogP contribution in [-0.2, 0) is 0 Å². The number of halogens is 1. The molecule has 0 spiro atoms. The molecule has 0 amide bonds. The van der Waals surface area contributed by atoms with Crippen LogP contribution in [0.25, 0.3) is 28.1 Å². The SMILES string of the molecule is COc1cccc(C=CC(=O)c2c(C)nc3ccc(Cl)cc3c2-c2ccccc2)c1OC. The summed E-state index contributed by atoms with van der Waals surface area (Å²) in [5.41, 5.74) is 4.50. The van der Waals surface area contributed by atoms with Crippen molar-refractivity contribution in [3.63, 3.8) is 0 Å². The van der Waals surface area contributed by atoms with E-state index in [9.17, 15) is 4.79 Å². The van der Waals surface area contributed by atoms with Gasteiger partial charge < -0.3 is 9.47 Å². The molecule has 0 unspecified atom stereocenters. The second kappa shape index (κ2) is 9.25. The number of methoxy groups -OCH3 is 2. The average molecular weight is 444 g/mol. The number of benzene rings is 3. The highest BCUT2D eigenvalue weighted by molar-refractivity contribution is 6.31. The minimum atomic E-state index is -0.152. The molecule has 1 aromatic heterocycles. The molecule has 160 valence electrons. The van der Waals surface area contributed by atoms with Gasteiger partial charge in [0.15, 0.2) is 17.3 Å². The van der Waals surface area contributed by atoms with E-state index in [1.807, 2.05) is 73.7 Å². The summed E-state index contributed by atoms with van der Waals surface area (Å²) in [6.45, 7) is 1.85. The van der Waals surface area contributed by atoms with Crippen LogP contribution in [0, 0.1) is 6.92 Å². The summed E-state index contributed by atoms with van der Waals surface area (Å²) in [6.07, 6.45) is 3.28. The maximum Gasteiger partial charge on any atom is 0.188 e. The zero-order valence-corrected chi connectivity index (χ0v) is 18.8. The maximum absolute atomic E-state index is 13.5. The van der Waals surface area contributed by atoms with Crippen LogP contribution in [0.3, 0.4) is 0 Å². The van der Waals surface area contributed by atoms with Crippen molar-refractivity contribution in [3.8, 4) is 22.6 Å². The van der Waals surface area contributed by atoms with E-state index in [0.29, 0.717) is 27.8 Å². The largest absolute Gasteiger partial charge is 0.493 e. The molecule has 0 atom stereocenters. The van der Waals surface area contributed by atoms with Gasteiger partial charge in [0.05, 0.1) is 25.3 Å². The van der Waals surface area contributed by atoms with E-state index in [-0.39, 0.29) is 5.78 Å². The Bertz CT molecular complexity index is 1330. The van der Waals surface area contributed by atoms with Crippen molar-refractivity contribution in [1.29, 1.82) is 0 Å². The van der Waals surface area contributed by atoms with Crippen LogP contribution in [-0.4, -0.2) is 25.0 Å². The third kappa shape index (κ3) is 4.10. The predicted octanol–water partition coefficient (Wildman–Crippen LogP) is 6.78. The van der Waals surface area contributed by atoms with Gasteiger partial charge in [0.2, 0.25) is 0 Å². The molecule has 0 bridgehead atoms. The fourth-order valence-electron chi connectivity index (χ4n) is 3.86. The number of ether oxygens (including phenoxy) is 2. The lowest BCUT2D eigenvalue weighted by atomic mass is 9.92. The number of aryl methyl sites for hydroxylation is 1. The van der Waals surface area contributed by atoms with Crippen molar-refractivity contribution >= 4 is 34.4 Å². The molecule has 0 aliphatic rings. The van der Waals surface area contributed by atoms with Gasteiger partial charge in [-0.25, -0.2) is 0 Å². The fourth-order valence-corrected chi connectivity index (χ4v) is 4.03. The summed E-state index contributed by atoms with van der Waals surface area (Å²) in [6, 6.07) is 20.9. The zero-order chi connectivity index (χ0) is 22.7. The summed E-state index contributed by atoms with van der Waals surface area (Å²) in [5.74, 6) is 1.02. The van der Waals surface area contributed by atoms with Crippen LogP contribution < -0.4 is 9.47 Å². The van der Waals surface area contributed by atoms with Gasteiger partial charge in [-0.2, -0.15) is 0 Å². The number of carbonyl (C=O) groups excluding carboxylic acids is 1. The molecule has 3 aromatic carbocycles. The number of aromatic nitrogens is 1. The molecule has 32 heavy (non-hydrogen) atoms. The maximum atomic E-state index is 13.5. The van der Waals surface area contributed by atoms with E-state index < -0.39 is 0 Å². The fraction of sp³-hybridized carbons (Fsp3) is 0.111. The van der Waals surface area contributed by atoms with Crippen LogP contribution in [0.1, 0.15) is 21.6 Å². The normalized spacial score (nSPS) is 11.1. The lowest BCUT2D eigenvalue weighted by Crippen LogP contribution is -2.05. The first-order valence-electron chi connectivity index (χ1n) is 10.1. The second-order valence-corrected chi connectivity index (χ2v) is 7.69. The van der Waals surface area contributed by atoms with Gasteiger partial charge in [-0.05, 0) is 48.9 Å². The molecule has 0 aliphatic heterocycles. The van der Waals surface area contributed by atoms with Crippen molar-refractivity contribution < 1.29 is 14.3 Å². The molecular weight excluding hydrogens is 422 g/mol. The van der Waals surface area contributed by atoms with Crippen LogP contribution in [0.4, 0.5) is 0 Å². The van der Waals surface area contributed by atoms with Crippen LogP contribution >= 0.6 is 11.6 Å². The number of rotatable bonds is 6. The number of fused-ring (bicyclic) bond motifs is 1. The van der Waals surface area contributed by atoms with E-state index in [1.165, 1.54) is 0 Å². The Hall–Kier alpha value is -3.63. The van der Waals surface area contributed by atoms with E-state index in [4.69, 9.17) is 21.1 Å². The lowest BCUT2D eigenvalue weighted by molar-refractivity contribution is 0.104. The summed E-state index contributed by atoms with van der Waals surface area (Å²) in [5, 5.41) is 1.43. The number of hydrogen-bond acceptors (Lipinski definition) is 4. The number of nitrogens with zero attached hydrogens (tertiary/aromatic N) is 1. The van der Waals surface area contributed by atoms with Crippen molar-refractivity contribution in [3.05, 3.63) is 94.6 Å². The Kier molecular flexibility index (Phi) is 6.24. The van der Waals surface area contributed by atoms with E-state index in [0.717, 1.165) is 27.6 Å². The minimum absolute atomic E-state index is 0.152. The van der Waals surface area contributed by atoms with Gasteiger partial charge in [0.25, 0.3) is 0 Å². The predicted molar refractivity (Wildman–Crippen MR) is 130 cm³/mol. The smallest absolute Gasteiger partial charge is 0.188 e. The second-order valence-electron chi connectivity index (χ2n) is 7.26. The van der Waals surface area contributed by atoms with Gasteiger partial charge in [0.1, 0.15) is 0 Å². The Morgan fingerprint density at radius 2 is 1.75 bits per heavy atom. The van der Waals surface area contributed by atoms with Gasteiger partial charge >= 0.3 is 0 Å². The molecule has 4 nitrogen and oxygen atoms in total. The molecule has 0 aliphatic carbocycles. The third-order valence-corrected chi connectivity index (χ3v) is 5.52.